The van der Waals surface area contributed by atoms with Crippen molar-refractivity contribution < 1.29 is 31.1 Å². The van der Waals surface area contributed by atoms with E-state index in [0.717, 1.165) is 6.42 Å². The number of nitrogens with one attached hydrogen (secondary N) is 2. The molecule has 3 nitrogen and oxygen atoms in total. The summed E-state index contributed by atoms with van der Waals surface area (Å²) in [6, 6.07) is 1.20. The molecule has 10 heteroatoms. The lowest BCUT2D eigenvalue weighted by Gasteiger charge is -2.17. The SMILES string of the molecule is CC(C)(C)C(=O)CCCCCNC(=S)Nc1cc(C(F)(F)F)cc(C(F)(F)F)c1. The fourth-order valence-electron chi connectivity index (χ4n) is 2.37. The second-order valence-corrected chi connectivity index (χ2v) is 8.07. The van der Waals surface area contributed by atoms with Crippen LogP contribution >= 0.6 is 12.2 Å². The first-order valence-electron chi connectivity index (χ1n) is 8.98. The summed E-state index contributed by atoms with van der Waals surface area (Å²) in [5, 5.41) is 5.02. The predicted octanol–water partition coefficient (Wildman–Crippen LogP) is 6.19. The minimum absolute atomic E-state index is 0.0561. The second kappa shape index (κ2) is 9.77. The van der Waals surface area contributed by atoms with Crippen LogP contribution in [0.25, 0.3) is 0 Å². The van der Waals surface area contributed by atoms with E-state index in [2.05, 4.69) is 10.6 Å². The molecule has 0 aromatic heterocycles. The van der Waals surface area contributed by atoms with Crippen LogP contribution in [0, 0.1) is 5.41 Å². The van der Waals surface area contributed by atoms with E-state index in [0.29, 0.717) is 37.9 Å². The summed E-state index contributed by atoms with van der Waals surface area (Å²) in [6.45, 7) is 5.91. The zero-order valence-corrected chi connectivity index (χ0v) is 17.2. The number of anilines is 1. The first-order valence-corrected chi connectivity index (χ1v) is 9.39. The number of benzene rings is 1. The second-order valence-electron chi connectivity index (χ2n) is 7.66. The predicted molar refractivity (Wildman–Crippen MR) is 104 cm³/mol. The zero-order chi connectivity index (χ0) is 22.5. The van der Waals surface area contributed by atoms with Crippen molar-refractivity contribution in [3.8, 4) is 0 Å². The summed E-state index contributed by atoms with van der Waals surface area (Å²) in [5.41, 5.74) is -3.62. The first kappa shape index (κ1) is 25.2. The van der Waals surface area contributed by atoms with Crippen molar-refractivity contribution in [1.82, 2.24) is 5.32 Å². The van der Waals surface area contributed by atoms with E-state index in [1.54, 1.807) is 0 Å². The Balaban J connectivity index is 2.57. The molecule has 0 saturated heterocycles. The highest BCUT2D eigenvalue weighted by Crippen LogP contribution is 2.37. The highest BCUT2D eigenvalue weighted by atomic mass is 32.1. The molecule has 0 aliphatic heterocycles. The Labute approximate surface area is 171 Å². The van der Waals surface area contributed by atoms with Crippen LogP contribution in [-0.4, -0.2) is 17.4 Å². The summed E-state index contributed by atoms with van der Waals surface area (Å²) in [7, 11) is 0. The van der Waals surface area contributed by atoms with Gasteiger partial charge in [0.15, 0.2) is 5.11 Å². The highest BCUT2D eigenvalue weighted by Gasteiger charge is 2.37. The van der Waals surface area contributed by atoms with Gasteiger partial charge in [-0.2, -0.15) is 26.3 Å². The largest absolute Gasteiger partial charge is 0.416 e. The van der Waals surface area contributed by atoms with Gasteiger partial charge in [0.25, 0.3) is 0 Å². The maximum absolute atomic E-state index is 12.9. The summed E-state index contributed by atoms with van der Waals surface area (Å²) < 4.78 is 77.1. The van der Waals surface area contributed by atoms with Gasteiger partial charge in [0, 0.05) is 24.1 Å². The van der Waals surface area contributed by atoms with Crippen molar-refractivity contribution >= 4 is 28.8 Å². The summed E-state index contributed by atoms with van der Waals surface area (Å²) >= 11 is 4.94. The number of rotatable bonds is 7. The molecular formula is C19H24F6N2OS. The number of hydrogen-bond acceptors (Lipinski definition) is 2. The van der Waals surface area contributed by atoms with E-state index in [1.807, 2.05) is 20.8 Å². The van der Waals surface area contributed by atoms with E-state index in [-0.39, 0.29) is 22.4 Å². The third-order valence-electron chi connectivity index (χ3n) is 4.05. The number of Topliss-reactive ketones (excluding diaryl/α,β-unsaturated/α-hetero) is 1. The smallest absolute Gasteiger partial charge is 0.362 e. The van der Waals surface area contributed by atoms with Crippen LogP contribution in [0.4, 0.5) is 32.0 Å². The average molecular weight is 442 g/mol. The number of halogens is 6. The van der Waals surface area contributed by atoms with Gasteiger partial charge in [-0.1, -0.05) is 27.2 Å². The van der Waals surface area contributed by atoms with Gasteiger partial charge in [0.05, 0.1) is 11.1 Å². The van der Waals surface area contributed by atoms with Gasteiger partial charge in [-0.3, -0.25) is 4.79 Å². The molecule has 0 fully saturated rings. The maximum atomic E-state index is 12.9. The van der Waals surface area contributed by atoms with Crippen molar-refractivity contribution in [2.75, 3.05) is 11.9 Å². The third-order valence-corrected chi connectivity index (χ3v) is 4.29. The van der Waals surface area contributed by atoms with Crippen molar-refractivity contribution in [2.24, 2.45) is 5.41 Å². The van der Waals surface area contributed by atoms with Crippen LogP contribution in [0.5, 0.6) is 0 Å². The van der Waals surface area contributed by atoms with Gasteiger partial charge in [0.2, 0.25) is 0 Å². The Bertz CT molecular complexity index is 691. The number of hydrogen-bond donors (Lipinski definition) is 2. The summed E-state index contributed by atoms with van der Waals surface area (Å²) in [6.07, 6.45) is -7.31. The number of ketones is 1. The molecule has 0 bridgehead atoms. The minimum atomic E-state index is -4.92. The van der Waals surface area contributed by atoms with Gasteiger partial charge in [-0.25, -0.2) is 0 Å². The van der Waals surface area contributed by atoms with Crippen molar-refractivity contribution in [3.05, 3.63) is 29.3 Å². The third kappa shape index (κ3) is 9.01. The fourth-order valence-corrected chi connectivity index (χ4v) is 2.59. The molecule has 0 atom stereocenters. The molecule has 29 heavy (non-hydrogen) atoms. The van der Waals surface area contributed by atoms with Crippen molar-refractivity contribution in [3.63, 3.8) is 0 Å². The monoisotopic (exact) mass is 442 g/mol. The lowest BCUT2D eigenvalue weighted by atomic mass is 9.88. The minimum Gasteiger partial charge on any atom is -0.362 e. The molecule has 0 amide bonds. The van der Waals surface area contributed by atoms with Gasteiger partial charge in [-0.05, 0) is 43.3 Å². The molecular weight excluding hydrogens is 418 g/mol. The molecule has 0 heterocycles. The van der Waals surface area contributed by atoms with Crippen LogP contribution in [0.3, 0.4) is 0 Å². The van der Waals surface area contributed by atoms with Crippen molar-refractivity contribution in [2.45, 2.75) is 58.8 Å². The van der Waals surface area contributed by atoms with Gasteiger partial charge in [-0.15, -0.1) is 0 Å². The van der Waals surface area contributed by atoms with E-state index < -0.39 is 29.2 Å². The molecule has 2 N–H and O–H groups in total. The number of alkyl halides is 6. The molecule has 0 unspecified atom stereocenters. The van der Waals surface area contributed by atoms with Crippen molar-refractivity contribution in [1.29, 1.82) is 0 Å². The van der Waals surface area contributed by atoms with Gasteiger partial charge >= 0.3 is 12.4 Å². The molecule has 0 spiro atoms. The maximum Gasteiger partial charge on any atom is 0.416 e. The number of carbonyl (C=O) groups excluding carboxylic acids is 1. The number of carbonyl (C=O) groups is 1. The standard InChI is InChI=1S/C19H24F6N2OS/c1-17(2,3)15(28)7-5-4-6-8-26-16(29)27-14-10-12(18(20,21)22)9-13(11-14)19(23,24)25/h9-11H,4-8H2,1-3H3,(H2,26,27,29). The Hall–Kier alpha value is -1.84. The van der Waals surface area contributed by atoms with E-state index >= 15 is 0 Å². The molecule has 1 rings (SSSR count). The van der Waals surface area contributed by atoms with E-state index in [9.17, 15) is 31.1 Å². The lowest BCUT2D eigenvalue weighted by molar-refractivity contribution is -0.143. The quantitative estimate of drug-likeness (QED) is 0.300. The molecule has 0 aliphatic carbocycles. The number of thiocarbonyl (C=S) groups is 1. The topological polar surface area (TPSA) is 41.1 Å². The van der Waals surface area contributed by atoms with Crippen LogP contribution in [0.15, 0.2) is 18.2 Å². The Morgan fingerprint density at radius 2 is 1.41 bits per heavy atom. The van der Waals surface area contributed by atoms with Crippen LogP contribution in [0.1, 0.15) is 57.6 Å². The highest BCUT2D eigenvalue weighted by molar-refractivity contribution is 7.80. The van der Waals surface area contributed by atoms with Crippen LogP contribution in [0.2, 0.25) is 0 Å². The Morgan fingerprint density at radius 1 is 0.897 bits per heavy atom. The average Bonchev–Trinajstić information content (AvgIpc) is 2.55. The summed E-state index contributed by atoms with van der Waals surface area (Å²) in [5.74, 6) is 0.160. The van der Waals surface area contributed by atoms with E-state index in [4.69, 9.17) is 12.2 Å². The Morgan fingerprint density at radius 3 is 1.86 bits per heavy atom. The molecule has 1 aromatic carbocycles. The van der Waals surface area contributed by atoms with Gasteiger partial charge < -0.3 is 10.6 Å². The fraction of sp³-hybridized carbons (Fsp3) is 0.579. The van der Waals surface area contributed by atoms with Gasteiger partial charge in [0.1, 0.15) is 5.78 Å². The first-order chi connectivity index (χ1) is 13.1. The summed E-state index contributed by atoms with van der Waals surface area (Å²) in [4.78, 5) is 11.8. The van der Waals surface area contributed by atoms with Crippen LogP contribution in [-0.2, 0) is 17.1 Å². The molecule has 1 aromatic rings. The Kier molecular flexibility index (Phi) is 8.49. The zero-order valence-electron chi connectivity index (χ0n) is 16.4. The number of unbranched alkanes of at least 4 members (excludes halogenated alkanes) is 2. The molecule has 0 aliphatic rings. The molecule has 164 valence electrons. The molecule has 0 saturated carbocycles. The lowest BCUT2D eigenvalue weighted by Crippen LogP contribution is -2.29. The van der Waals surface area contributed by atoms with Crippen LogP contribution < -0.4 is 10.6 Å². The van der Waals surface area contributed by atoms with E-state index in [1.165, 1.54) is 0 Å². The molecule has 0 radical (unpaired) electrons. The normalized spacial score (nSPS) is 12.6.